The smallest absolute Gasteiger partial charge is 0.130 e. The monoisotopic (exact) mass is 355 g/mol. The number of halogens is 2. The Morgan fingerprint density at radius 2 is 2.05 bits per heavy atom. The molecule has 0 radical (unpaired) electrons. The highest BCUT2D eigenvalue weighted by atomic mass is 79.9. The molecule has 20 heavy (non-hydrogen) atoms. The number of aryl methyl sites for hydroxylation is 1. The molecule has 1 aliphatic rings. The molecule has 5 heteroatoms. The molecule has 0 unspecified atom stereocenters. The molecule has 2 aromatic rings. The van der Waals surface area contributed by atoms with E-state index in [-0.39, 0.29) is 4.83 Å². The Kier molecular flexibility index (Phi) is 3.23. The molecule has 1 aliphatic heterocycles. The third-order valence-electron chi connectivity index (χ3n) is 3.75. The SMILES string of the molecule is Cc1cc(Cl)nc2cc3c(cc12)OC(C)(C)[C@H](Br)[C@H]3O. The van der Waals surface area contributed by atoms with Gasteiger partial charge in [0.25, 0.3) is 0 Å². The first-order valence-corrected chi connectivity index (χ1v) is 7.71. The first kappa shape index (κ1) is 14.1. The Morgan fingerprint density at radius 1 is 1.35 bits per heavy atom. The Morgan fingerprint density at radius 3 is 2.75 bits per heavy atom. The number of pyridine rings is 1. The van der Waals surface area contributed by atoms with Gasteiger partial charge in [-0.1, -0.05) is 27.5 Å². The number of aromatic nitrogens is 1. The van der Waals surface area contributed by atoms with E-state index in [0.29, 0.717) is 10.9 Å². The number of aliphatic hydroxyl groups is 1. The molecule has 106 valence electrons. The van der Waals surface area contributed by atoms with Crippen LogP contribution in [-0.2, 0) is 0 Å². The average molecular weight is 357 g/mol. The molecular weight excluding hydrogens is 342 g/mol. The second-order valence-corrected chi connectivity index (χ2v) is 7.09. The Hall–Kier alpha value is -0.840. The number of hydrogen-bond donors (Lipinski definition) is 1. The van der Waals surface area contributed by atoms with E-state index < -0.39 is 11.7 Å². The second kappa shape index (κ2) is 4.58. The van der Waals surface area contributed by atoms with Crippen LogP contribution in [-0.4, -0.2) is 20.5 Å². The summed E-state index contributed by atoms with van der Waals surface area (Å²) in [5.74, 6) is 0.706. The van der Waals surface area contributed by atoms with Crippen LogP contribution in [0.5, 0.6) is 5.75 Å². The van der Waals surface area contributed by atoms with Crippen LogP contribution in [0.2, 0.25) is 5.15 Å². The number of nitrogens with zero attached hydrogens (tertiary/aromatic N) is 1. The van der Waals surface area contributed by atoms with Gasteiger partial charge >= 0.3 is 0 Å². The molecule has 2 atom stereocenters. The lowest BCUT2D eigenvalue weighted by molar-refractivity contribution is 0.0228. The van der Waals surface area contributed by atoms with Crippen molar-refractivity contribution in [3.8, 4) is 5.75 Å². The number of alkyl halides is 1. The van der Waals surface area contributed by atoms with Crippen molar-refractivity contribution in [2.24, 2.45) is 0 Å². The summed E-state index contributed by atoms with van der Waals surface area (Å²) >= 11 is 9.52. The third kappa shape index (κ3) is 2.10. The molecule has 0 amide bonds. The molecule has 3 rings (SSSR count). The quantitative estimate of drug-likeness (QED) is 0.569. The molecule has 0 saturated heterocycles. The Bertz CT molecular complexity index is 702. The van der Waals surface area contributed by atoms with Crippen molar-refractivity contribution in [3.05, 3.63) is 34.5 Å². The van der Waals surface area contributed by atoms with Crippen molar-refractivity contribution < 1.29 is 9.84 Å². The van der Waals surface area contributed by atoms with Gasteiger partial charge in [-0.05, 0) is 44.5 Å². The van der Waals surface area contributed by atoms with Crippen molar-refractivity contribution in [1.82, 2.24) is 4.98 Å². The summed E-state index contributed by atoms with van der Waals surface area (Å²) in [7, 11) is 0. The van der Waals surface area contributed by atoms with Crippen molar-refractivity contribution in [2.75, 3.05) is 0 Å². The van der Waals surface area contributed by atoms with Gasteiger partial charge in [-0.25, -0.2) is 4.98 Å². The largest absolute Gasteiger partial charge is 0.486 e. The normalized spacial score (nSPS) is 24.3. The third-order valence-corrected chi connectivity index (χ3v) is 5.55. The van der Waals surface area contributed by atoms with Crippen molar-refractivity contribution >= 4 is 38.4 Å². The maximum Gasteiger partial charge on any atom is 0.130 e. The number of benzene rings is 1. The van der Waals surface area contributed by atoms with Crippen molar-refractivity contribution in [1.29, 1.82) is 0 Å². The zero-order valence-corrected chi connectivity index (χ0v) is 13.8. The Balaban J connectivity index is 2.27. The predicted molar refractivity (Wildman–Crippen MR) is 83.9 cm³/mol. The summed E-state index contributed by atoms with van der Waals surface area (Å²) in [6, 6.07) is 5.62. The van der Waals surface area contributed by atoms with Gasteiger partial charge in [0, 0.05) is 10.9 Å². The van der Waals surface area contributed by atoms with E-state index in [1.165, 1.54) is 0 Å². The minimum Gasteiger partial charge on any atom is -0.486 e. The van der Waals surface area contributed by atoms with E-state index in [1.54, 1.807) is 0 Å². The van der Waals surface area contributed by atoms with Crippen LogP contribution in [0.3, 0.4) is 0 Å². The van der Waals surface area contributed by atoms with Gasteiger partial charge in [0.2, 0.25) is 0 Å². The van der Waals surface area contributed by atoms with E-state index in [4.69, 9.17) is 16.3 Å². The van der Waals surface area contributed by atoms with Gasteiger partial charge in [0.15, 0.2) is 0 Å². The fraction of sp³-hybridized carbons (Fsp3) is 0.400. The minimum absolute atomic E-state index is 0.180. The van der Waals surface area contributed by atoms with Gasteiger partial charge in [0.05, 0.1) is 16.4 Å². The average Bonchev–Trinajstić information content (AvgIpc) is 2.35. The molecule has 1 aromatic heterocycles. The highest BCUT2D eigenvalue weighted by Gasteiger charge is 2.41. The second-order valence-electron chi connectivity index (χ2n) is 5.72. The summed E-state index contributed by atoms with van der Waals surface area (Å²) in [4.78, 5) is 4.14. The first-order chi connectivity index (χ1) is 9.29. The van der Waals surface area contributed by atoms with Crippen LogP contribution in [0.25, 0.3) is 10.9 Å². The standard InChI is InChI=1S/C15H15BrClNO2/c1-7-4-12(17)18-10-5-9-11(6-8(7)10)20-15(2,3)14(16)13(9)19/h4-6,13-14,19H,1-3H3/t13-,14+/m0/s1. The highest BCUT2D eigenvalue weighted by molar-refractivity contribution is 9.09. The number of ether oxygens (including phenoxy) is 1. The summed E-state index contributed by atoms with van der Waals surface area (Å²) in [6.45, 7) is 5.89. The Labute approximate surface area is 131 Å². The maximum atomic E-state index is 10.5. The summed E-state index contributed by atoms with van der Waals surface area (Å²) in [5.41, 5.74) is 2.08. The zero-order valence-electron chi connectivity index (χ0n) is 11.4. The van der Waals surface area contributed by atoms with E-state index in [2.05, 4.69) is 20.9 Å². The maximum absolute atomic E-state index is 10.5. The molecule has 0 spiro atoms. The number of rotatable bonds is 0. The van der Waals surface area contributed by atoms with Crippen molar-refractivity contribution in [2.45, 2.75) is 37.3 Å². The summed E-state index contributed by atoms with van der Waals surface area (Å²) in [5, 5.41) is 11.9. The first-order valence-electron chi connectivity index (χ1n) is 6.41. The lowest BCUT2D eigenvalue weighted by atomic mass is 9.90. The van der Waals surface area contributed by atoms with E-state index in [0.717, 1.165) is 22.0 Å². The molecule has 2 heterocycles. The van der Waals surface area contributed by atoms with Gasteiger partial charge in [-0.2, -0.15) is 0 Å². The van der Waals surface area contributed by atoms with E-state index in [9.17, 15) is 5.11 Å². The van der Waals surface area contributed by atoms with Gasteiger partial charge in [-0.3, -0.25) is 0 Å². The molecular formula is C15H15BrClNO2. The minimum atomic E-state index is -0.640. The predicted octanol–water partition coefficient (Wildman–Crippen LogP) is 4.16. The van der Waals surface area contributed by atoms with E-state index >= 15 is 0 Å². The summed E-state index contributed by atoms with van der Waals surface area (Å²) < 4.78 is 6.03. The number of fused-ring (bicyclic) bond motifs is 2. The van der Waals surface area contributed by atoms with Gasteiger partial charge < -0.3 is 9.84 Å². The summed E-state index contributed by atoms with van der Waals surface area (Å²) in [6.07, 6.45) is -0.640. The molecule has 0 saturated carbocycles. The fourth-order valence-corrected chi connectivity index (χ4v) is 3.23. The van der Waals surface area contributed by atoms with Crippen LogP contribution < -0.4 is 4.74 Å². The molecule has 1 aromatic carbocycles. The molecule has 0 bridgehead atoms. The number of aliphatic hydroxyl groups excluding tert-OH is 1. The molecule has 0 aliphatic carbocycles. The van der Waals surface area contributed by atoms with Crippen LogP contribution in [0.15, 0.2) is 18.2 Å². The zero-order chi connectivity index (χ0) is 14.7. The highest BCUT2D eigenvalue weighted by Crippen LogP contribution is 2.44. The van der Waals surface area contributed by atoms with Crippen molar-refractivity contribution in [3.63, 3.8) is 0 Å². The van der Waals surface area contributed by atoms with Crippen LogP contribution in [0, 0.1) is 6.92 Å². The number of hydrogen-bond acceptors (Lipinski definition) is 3. The van der Waals surface area contributed by atoms with Gasteiger partial charge in [0.1, 0.15) is 16.5 Å². The fourth-order valence-electron chi connectivity index (χ4n) is 2.59. The van der Waals surface area contributed by atoms with Crippen LogP contribution >= 0.6 is 27.5 Å². The van der Waals surface area contributed by atoms with Crippen LogP contribution in [0.4, 0.5) is 0 Å². The molecule has 0 fully saturated rings. The molecule has 3 nitrogen and oxygen atoms in total. The lowest BCUT2D eigenvalue weighted by Crippen LogP contribution is -2.45. The topological polar surface area (TPSA) is 42.4 Å². The van der Waals surface area contributed by atoms with Gasteiger partial charge in [-0.15, -0.1) is 0 Å². The van der Waals surface area contributed by atoms with Crippen LogP contribution in [0.1, 0.15) is 31.1 Å². The lowest BCUT2D eigenvalue weighted by Gasteiger charge is -2.40. The molecule has 1 N–H and O–H groups in total. The van der Waals surface area contributed by atoms with E-state index in [1.807, 2.05) is 39.0 Å².